The van der Waals surface area contributed by atoms with Gasteiger partial charge in [-0.05, 0) is 23.3 Å². The number of hydrogen-bond acceptors (Lipinski definition) is 2. The molecule has 0 heterocycles. The molecule has 0 aliphatic carbocycles. The molecule has 0 bridgehead atoms. The Hall–Kier alpha value is -3.59. The number of aliphatic hydroxyl groups excluding tert-OH is 1. The highest BCUT2D eigenvalue weighted by Gasteiger charge is 1.96. The number of carboxylic acids is 1. The van der Waals surface area contributed by atoms with E-state index in [2.05, 4.69) is 0 Å². The minimum atomic E-state index is -0.922. The molecule has 26 heavy (non-hydrogen) atoms. The first-order valence-corrected chi connectivity index (χ1v) is 8.12. The van der Waals surface area contributed by atoms with Gasteiger partial charge in [-0.25, -0.2) is 4.79 Å². The van der Waals surface area contributed by atoms with Crippen LogP contribution >= 0.6 is 0 Å². The molecule has 0 spiro atoms. The average Bonchev–Trinajstić information content (AvgIpc) is 2.69. The van der Waals surface area contributed by atoms with Crippen LogP contribution in [0.1, 0.15) is 16.7 Å². The lowest BCUT2D eigenvalue weighted by molar-refractivity contribution is -0.131. The molecular weight excluding hydrogens is 324 g/mol. The molecule has 3 aromatic rings. The van der Waals surface area contributed by atoms with Crippen molar-refractivity contribution < 1.29 is 15.0 Å². The Labute approximate surface area is 153 Å². The van der Waals surface area contributed by atoms with Crippen LogP contribution in [0.5, 0.6) is 0 Å². The van der Waals surface area contributed by atoms with Crippen LogP contribution < -0.4 is 0 Å². The van der Waals surface area contributed by atoms with Gasteiger partial charge in [0, 0.05) is 11.6 Å². The molecule has 3 rings (SSSR count). The first kappa shape index (κ1) is 18.7. The average molecular weight is 344 g/mol. The van der Waals surface area contributed by atoms with Gasteiger partial charge >= 0.3 is 5.97 Å². The lowest BCUT2D eigenvalue weighted by atomic mass is 10.1. The number of hydrogen-bond donors (Lipinski definition) is 2. The first-order valence-electron chi connectivity index (χ1n) is 8.12. The summed E-state index contributed by atoms with van der Waals surface area (Å²) >= 11 is 0. The largest absolute Gasteiger partial charge is 0.507 e. The zero-order valence-electron chi connectivity index (χ0n) is 14.2. The molecule has 0 unspecified atom stereocenters. The molecule has 2 N–H and O–H groups in total. The second kappa shape index (κ2) is 10.3. The van der Waals surface area contributed by atoms with Crippen molar-refractivity contribution in [3.63, 3.8) is 0 Å². The van der Waals surface area contributed by atoms with E-state index in [1.807, 2.05) is 91.0 Å². The van der Waals surface area contributed by atoms with E-state index >= 15 is 0 Å². The summed E-state index contributed by atoms with van der Waals surface area (Å²) in [5, 5.41) is 18.1. The quantitative estimate of drug-likeness (QED) is 0.372. The van der Waals surface area contributed by atoms with Crippen LogP contribution in [0.2, 0.25) is 0 Å². The van der Waals surface area contributed by atoms with Crippen LogP contribution in [0.3, 0.4) is 0 Å². The summed E-state index contributed by atoms with van der Waals surface area (Å²) in [4.78, 5) is 10.1. The molecule has 0 amide bonds. The van der Waals surface area contributed by atoms with E-state index in [1.54, 1.807) is 12.2 Å². The van der Waals surface area contributed by atoms with Crippen molar-refractivity contribution in [2.24, 2.45) is 0 Å². The van der Waals surface area contributed by atoms with E-state index in [4.69, 9.17) is 5.11 Å². The van der Waals surface area contributed by atoms with Crippen molar-refractivity contribution in [2.75, 3.05) is 0 Å². The SMILES string of the molecule is O=C(O)C=Cc1ccccc1.OC(=Cc1ccccc1)c1ccccc1. The van der Waals surface area contributed by atoms with E-state index < -0.39 is 5.97 Å². The fraction of sp³-hybridized carbons (Fsp3) is 0. The third-order valence-corrected chi connectivity index (χ3v) is 3.39. The van der Waals surface area contributed by atoms with E-state index in [0.717, 1.165) is 22.8 Å². The summed E-state index contributed by atoms with van der Waals surface area (Å²) in [5.74, 6) is -0.629. The summed E-state index contributed by atoms with van der Waals surface area (Å²) in [6.45, 7) is 0. The number of carbonyl (C=O) groups is 1. The smallest absolute Gasteiger partial charge is 0.328 e. The van der Waals surface area contributed by atoms with Gasteiger partial charge in [0.2, 0.25) is 0 Å². The number of aliphatic carboxylic acids is 1. The van der Waals surface area contributed by atoms with Crippen LogP contribution in [-0.2, 0) is 4.79 Å². The molecule has 130 valence electrons. The molecule has 0 saturated heterocycles. The first-order chi connectivity index (χ1) is 12.6. The van der Waals surface area contributed by atoms with E-state index in [1.165, 1.54) is 0 Å². The lowest BCUT2D eigenvalue weighted by Crippen LogP contribution is -1.85. The van der Waals surface area contributed by atoms with E-state index in [-0.39, 0.29) is 0 Å². The van der Waals surface area contributed by atoms with Crippen molar-refractivity contribution >= 4 is 23.9 Å². The number of rotatable bonds is 4. The molecule has 3 nitrogen and oxygen atoms in total. The van der Waals surface area contributed by atoms with E-state index in [9.17, 15) is 9.90 Å². The zero-order chi connectivity index (χ0) is 18.6. The van der Waals surface area contributed by atoms with Gasteiger partial charge in [0.05, 0.1) is 0 Å². The number of benzene rings is 3. The number of carboxylic acid groups (broad SMARTS) is 1. The monoisotopic (exact) mass is 344 g/mol. The molecule has 0 aliphatic rings. The molecule has 0 atom stereocenters. The van der Waals surface area contributed by atoms with Crippen LogP contribution in [0, 0.1) is 0 Å². The van der Waals surface area contributed by atoms with Crippen molar-refractivity contribution in [1.29, 1.82) is 0 Å². The van der Waals surface area contributed by atoms with Gasteiger partial charge in [-0.3, -0.25) is 0 Å². The third-order valence-electron chi connectivity index (χ3n) is 3.39. The summed E-state index contributed by atoms with van der Waals surface area (Å²) in [6.07, 6.45) is 4.44. The van der Waals surface area contributed by atoms with Crippen molar-refractivity contribution in [2.45, 2.75) is 0 Å². The van der Waals surface area contributed by atoms with Gasteiger partial charge in [0.25, 0.3) is 0 Å². The van der Waals surface area contributed by atoms with Crippen LogP contribution in [0.25, 0.3) is 17.9 Å². The Bertz CT molecular complexity index is 852. The highest BCUT2D eigenvalue weighted by atomic mass is 16.4. The van der Waals surface area contributed by atoms with Crippen molar-refractivity contribution in [3.8, 4) is 0 Å². The van der Waals surface area contributed by atoms with Crippen LogP contribution in [0.15, 0.2) is 97.1 Å². The summed E-state index contributed by atoms with van der Waals surface area (Å²) in [6, 6.07) is 28.6. The minimum absolute atomic E-state index is 0.293. The summed E-state index contributed by atoms with van der Waals surface area (Å²) in [5.41, 5.74) is 2.73. The van der Waals surface area contributed by atoms with Crippen molar-refractivity contribution in [3.05, 3.63) is 114 Å². The highest BCUT2D eigenvalue weighted by Crippen LogP contribution is 2.14. The fourth-order valence-electron chi connectivity index (χ4n) is 2.13. The number of aliphatic hydroxyl groups is 1. The standard InChI is InChI=1S/C14H12O.C9H8O2/c15-14(13-9-5-2-6-10-13)11-12-7-3-1-4-8-12;10-9(11)7-6-8-4-2-1-3-5-8/h1-11,15H;1-7H,(H,10,11). The Morgan fingerprint density at radius 3 is 1.62 bits per heavy atom. The van der Waals surface area contributed by atoms with Crippen LogP contribution in [0.4, 0.5) is 0 Å². The van der Waals surface area contributed by atoms with E-state index in [0.29, 0.717) is 5.76 Å². The molecular formula is C23H20O3. The topological polar surface area (TPSA) is 57.5 Å². The van der Waals surface area contributed by atoms with Gasteiger partial charge < -0.3 is 10.2 Å². The van der Waals surface area contributed by atoms with Gasteiger partial charge in [0.15, 0.2) is 0 Å². The molecule has 0 radical (unpaired) electrons. The Morgan fingerprint density at radius 2 is 1.12 bits per heavy atom. The van der Waals surface area contributed by atoms with Crippen molar-refractivity contribution in [1.82, 2.24) is 0 Å². The molecule has 0 aliphatic heterocycles. The third kappa shape index (κ3) is 6.89. The maximum absolute atomic E-state index is 10.1. The zero-order valence-corrected chi connectivity index (χ0v) is 14.2. The van der Waals surface area contributed by atoms with Gasteiger partial charge in [-0.15, -0.1) is 0 Å². The highest BCUT2D eigenvalue weighted by molar-refractivity contribution is 5.85. The molecule has 0 aromatic heterocycles. The molecule has 3 aromatic carbocycles. The van der Waals surface area contributed by atoms with Gasteiger partial charge in [-0.2, -0.15) is 0 Å². The molecule has 3 heteroatoms. The second-order valence-corrected chi connectivity index (χ2v) is 5.39. The predicted octanol–water partition coefficient (Wildman–Crippen LogP) is 5.53. The van der Waals surface area contributed by atoms with Gasteiger partial charge in [0.1, 0.15) is 5.76 Å². The Balaban J connectivity index is 0.000000197. The fourth-order valence-corrected chi connectivity index (χ4v) is 2.13. The molecule has 0 fully saturated rings. The lowest BCUT2D eigenvalue weighted by Gasteiger charge is -1.99. The van der Waals surface area contributed by atoms with Gasteiger partial charge in [-0.1, -0.05) is 91.0 Å². The van der Waals surface area contributed by atoms with Crippen LogP contribution in [-0.4, -0.2) is 16.2 Å². The maximum atomic E-state index is 10.1. The predicted molar refractivity (Wildman–Crippen MR) is 106 cm³/mol. The molecule has 0 saturated carbocycles. The summed E-state index contributed by atoms with van der Waals surface area (Å²) in [7, 11) is 0. The summed E-state index contributed by atoms with van der Waals surface area (Å²) < 4.78 is 0. The second-order valence-electron chi connectivity index (χ2n) is 5.39. The normalized spacial score (nSPS) is 10.8. The Kier molecular flexibility index (Phi) is 7.43. The minimum Gasteiger partial charge on any atom is -0.507 e. The maximum Gasteiger partial charge on any atom is 0.328 e. The Morgan fingerprint density at radius 1 is 0.654 bits per heavy atom.